The van der Waals surface area contributed by atoms with Gasteiger partial charge >= 0.3 is 0 Å². The molecule has 0 saturated heterocycles. The van der Waals surface area contributed by atoms with Gasteiger partial charge in [0.05, 0.1) is 18.4 Å². The Morgan fingerprint density at radius 2 is 2.05 bits per heavy atom. The van der Waals surface area contributed by atoms with E-state index in [0.29, 0.717) is 12.2 Å². The van der Waals surface area contributed by atoms with Crippen LogP contribution in [0.5, 0.6) is 0 Å². The number of sulfonamides is 1. The Labute approximate surface area is 125 Å². The van der Waals surface area contributed by atoms with E-state index in [2.05, 4.69) is 10.4 Å². The fourth-order valence-corrected chi connectivity index (χ4v) is 3.25. The number of para-hydroxylation sites is 1. The van der Waals surface area contributed by atoms with Crippen LogP contribution in [0.15, 0.2) is 41.6 Å². The number of benzene rings is 1. The van der Waals surface area contributed by atoms with E-state index in [-0.39, 0.29) is 4.90 Å². The second-order valence-corrected chi connectivity index (χ2v) is 6.77. The smallest absolute Gasteiger partial charge is 0.267 e. The zero-order chi connectivity index (χ0) is 15.5. The fraction of sp³-hybridized carbons (Fsp3) is 0.357. The third-order valence-electron chi connectivity index (χ3n) is 3.31. The molecule has 1 aromatic carbocycles. The molecule has 0 amide bonds. The average Bonchev–Trinajstić information content (AvgIpc) is 2.94. The van der Waals surface area contributed by atoms with Crippen molar-refractivity contribution in [2.24, 2.45) is 0 Å². The summed E-state index contributed by atoms with van der Waals surface area (Å²) in [7, 11) is -0.191. The largest absolute Gasteiger partial charge is 0.318 e. The number of hydrogen-bond acceptors (Lipinski definition) is 4. The van der Waals surface area contributed by atoms with Gasteiger partial charge in [-0.1, -0.05) is 18.2 Å². The number of likely N-dealkylation sites (N-methyl/N-ethyl adjacent to an activating group) is 1. The summed E-state index contributed by atoms with van der Waals surface area (Å²) in [5, 5.41) is 7.09. The molecule has 6 nitrogen and oxygen atoms in total. The van der Waals surface area contributed by atoms with Gasteiger partial charge in [-0.25, -0.2) is 8.42 Å². The minimum atomic E-state index is -3.59. The minimum absolute atomic E-state index is 0.198. The van der Waals surface area contributed by atoms with Crippen molar-refractivity contribution < 1.29 is 8.42 Å². The van der Waals surface area contributed by atoms with Gasteiger partial charge in [-0.15, -0.1) is 0 Å². The fourth-order valence-electron chi connectivity index (χ4n) is 2.03. The van der Waals surface area contributed by atoms with Crippen LogP contribution in [0.3, 0.4) is 0 Å². The molecule has 0 aliphatic carbocycles. The summed E-state index contributed by atoms with van der Waals surface area (Å²) in [6, 6.07) is 7.38. The molecule has 0 aliphatic heterocycles. The van der Waals surface area contributed by atoms with Crippen molar-refractivity contribution in [3.8, 4) is 0 Å². The van der Waals surface area contributed by atoms with Crippen LogP contribution in [-0.4, -0.2) is 38.8 Å². The second-order valence-electron chi connectivity index (χ2n) is 4.80. The summed E-state index contributed by atoms with van der Waals surface area (Å²) < 4.78 is 28.2. The molecule has 0 radical (unpaired) electrons. The van der Waals surface area contributed by atoms with E-state index in [0.717, 1.165) is 12.1 Å². The number of hydrogen-bond donors (Lipinski definition) is 1. The van der Waals surface area contributed by atoms with E-state index in [9.17, 15) is 8.42 Å². The molecule has 21 heavy (non-hydrogen) atoms. The van der Waals surface area contributed by atoms with Gasteiger partial charge in [-0.3, -0.25) is 8.99 Å². The van der Waals surface area contributed by atoms with Crippen LogP contribution >= 0.6 is 0 Å². The minimum Gasteiger partial charge on any atom is -0.318 e. The molecule has 0 bridgehead atoms. The summed E-state index contributed by atoms with van der Waals surface area (Å²) in [4.78, 5) is 0.198. The number of aryl methyl sites for hydroxylation is 1. The molecule has 1 aromatic heterocycles. The Bertz CT molecular complexity index is 709. The third kappa shape index (κ3) is 3.25. The lowest BCUT2D eigenvalue weighted by Gasteiger charge is -2.20. The highest BCUT2D eigenvalue weighted by atomic mass is 32.2. The Kier molecular flexibility index (Phi) is 4.64. The van der Waals surface area contributed by atoms with E-state index >= 15 is 0 Å². The molecule has 7 heteroatoms. The van der Waals surface area contributed by atoms with Gasteiger partial charge in [-0.2, -0.15) is 5.10 Å². The standard InChI is InChI=1S/C14H20N4O2S/c1-12-6-4-5-7-14(12)17(3)21(19,20)13-10-16-18(11-13)9-8-15-2/h4-7,10-11,15H,8-9H2,1-3H3. The molecule has 2 rings (SSSR count). The van der Waals surface area contributed by atoms with Gasteiger partial charge in [-0.05, 0) is 25.6 Å². The lowest BCUT2D eigenvalue weighted by atomic mass is 10.2. The second kappa shape index (κ2) is 6.28. The molecule has 0 aliphatic rings. The van der Waals surface area contributed by atoms with Crippen LogP contribution in [0.1, 0.15) is 5.56 Å². The van der Waals surface area contributed by atoms with Crippen molar-refractivity contribution in [3.05, 3.63) is 42.2 Å². The lowest BCUT2D eigenvalue weighted by molar-refractivity contribution is 0.581. The van der Waals surface area contributed by atoms with Crippen molar-refractivity contribution in [2.75, 3.05) is 24.9 Å². The van der Waals surface area contributed by atoms with Gasteiger partial charge in [0, 0.05) is 19.8 Å². The van der Waals surface area contributed by atoms with E-state index in [1.807, 2.05) is 32.2 Å². The van der Waals surface area contributed by atoms with Gasteiger partial charge in [0.25, 0.3) is 10.0 Å². The number of nitrogens with zero attached hydrogens (tertiary/aromatic N) is 3. The summed E-state index contributed by atoms with van der Waals surface area (Å²) in [5.74, 6) is 0. The van der Waals surface area contributed by atoms with E-state index in [1.54, 1.807) is 24.0 Å². The number of aromatic nitrogens is 2. The van der Waals surface area contributed by atoms with Crippen molar-refractivity contribution in [1.82, 2.24) is 15.1 Å². The molecular formula is C14H20N4O2S. The molecule has 0 spiro atoms. The highest BCUT2D eigenvalue weighted by molar-refractivity contribution is 7.92. The zero-order valence-corrected chi connectivity index (χ0v) is 13.3. The number of rotatable bonds is 6. The molecule has 1 N–H and O–H groups in total. The molecule has 0 fully saturated rings. The Morgan fingerprint density at radius 1 is 1.33 bits per heavy atom. The molecular weight excluding hydrogens is 288 g/mol. The van der Waals surface area contributed by atoms with E-state index < -0.39 is 10.0 Å². The SMILES string of the molecule is CNCCn1cc(S(=O)(=O)N(C)c2ccccc2C)cn1. The maximum Gasteiger partial charge on any atom is 0.267 e. The zero-order valence-electron chi connectivity index (χ0n) is 12.4. The van der Waals surface area contributed by atoms with Crippen LogP contribution in [0.4, 0.5) is 5.69 Å². The first-order valence-electron chi connectivity index (χ1n) is 6.68. The first-order valence-corrected chi connectivity index (χ1v) is 8.12. The summed E-state index contributed by atoms with van der Waals surface area (Å²) in [5.41, 5.74) is 1.58. The van der Waals surface area contributed by atoms with Gasteiger partial charge in [0.15, 0.2) is 0 Å². The summed E-state index contributed by atoms with van der Waals surface area (Å²) in [6.45, 7) is 3.24. The van der Waals surface area contributed by atoms with Crippen molar-refractivity contribution in [1.29, 1.82) is 0 Å². The Balaban J connectivity index is 2.29. The maximum absolute atomic E-state index is 12.6. The van der Waals surface area contributed by atoms with Crippen LogP contribution in [0, 0.1) is 6.92 Å². The molecule has 1 heterocycles. The highest BCUT2D eigenvalue weighted by Gasteiger charge is 2.23. The van der Waals surface area contributed by atoms with Crippen LogP contribution in [0.25, 0.3) is 0 Å². The molecule has 0 atom stereocenters. The number of anilines is 1. The number of nitrogens with one attached hydrogen (secondary N) is 1. The van der Waals surface area contributed by atoms with Gasteiger partial charge in [0.1, 0.15) is 4.90 Å². The van der Waals surface area contributed by atoms with Crippen molar-refractivity contribution in [3.63, 3.8) is 0 Å². The quantitative estimate of drug-likeness (QED) is 0.872. The predicted molar refractivity (Wildman–Crippen MR) is 82.9 cm³/mol. The molecule has 114 valence electrons. The van der Waals surface area contributed by atoms with Crippen LogP contribution in [-0.2, 0) is 16.6 Å². The van der Waals surface area contributed by atoms with Crippen LogP contribution in [0.2, 0.25) is 0 Å². The first-order chi connectivity index (χ1) is 9.96. The molecule has 0 saturated carbocycles. The van der Waals surface area contributed by atoms with Crippen molar-refractivity contribution in [2.45, 2.75) is 18.4 Å². The predicted octanol–water partition coefficient (Wildman–Crippen LogP) is 1.24. The Morgan fingerprint density at radius 3 is 2.71 bits per heavy atom. The average molecular weight is 308 g/mol. The summed E-state index contributed by atoms with van der Waals surface area (Å²) >= 11 is 0. The highest BCUT2D eigenvalue weighted by Crippen LogP contribution is 2.24. The maximum atomic E-state index is 12.6. The third-order valence-corrected chi connectivity index (χ3v) is 5.04. The molecule has 0 unspecified atom stereocenters. The molecule has 2 aromatic rings. The first kappa shape index (κ1) is 15.5. The Hall–Kier alpha value is -1.86. The monoisotopic (exact) mass is 308 g/mol. The van der Waals surface area contributed by atoms with E-state index in [4.69, 9.17) is 0 Å². The van der Waals surface area contributed by atoms with E-state index in [1.165, 1.54) is 10.5 Å². The normalized spacial score (nSPS) is 11.6. The van der Waals surface area contributed by atoms with Gasteiger partial charge < -0.3 is 5.32 Å². The van der Waals surface area contributed by atoms with Crippen LogP contribution < -0.4 is 9.62 Å². The lowest BCUT2D eigenvalue weighted by Crippen LogP contribution is -2.27. The van der Waals surface area contributed by atoms with Gasteiger partial charge in [0.2, 0.25) is 0 Å². The van der Waals surface area contributed by atoms with Crippen molar-refractivity contribution >= 4 is 15.7 Å². The topological polar surface area (TPSA) is 67.2 Å². The summed E-state index contributed by atoms with van der Waals surface area (Å²) in [6.07, 6.45) is 2.95.